The number of H-pyrrole nitrogens is 1. The number of rotatable bonds is 11. The van der Waals surface area contributed by atoms with Crippen LogP contribution < -0.4 is 10.0 Å². The molecule has 0 bridgehead atoms. The Labute approximate surface area is 232 Å². The summed E-state index contributed by atoms with van der Waals surface area (Å²) in [5, 5.41) is 14.7. The van der Waals surface area contributed by atoms with E-state index >= 15 is 0 Å². The molecule has 1 heterocycles. The summed E-state index contributed by atoms with van der Waals surface area (Å²) >= 11 is 0. The van der Waals surface area contributed by atoms with Gasteiger partial charge in [-0.25, -0.2) is 13.2 Å². The number of phenols is 1. The minimum Gasteiger partial charge on any atom is -0.506 e. The second kappa shape index (κ2) is 11.7. The smallest absolute Gasteiger partial charge is 0.354 e. The number of sulfonamides is 1. The van der Waals surface area contributed by atoms with E-state index in [1.165, 1.54) is 13.2 Å². The number of phenolic OH excluding ortho intramolecular Hbond substituents is 1. The van der Waals surface area contributed by atoms with Gasteiger partial charge in [-0.15, -0.1) is 0 Å². The standard InChI is InChI=1S/C28H41N3O6SSi/c1-18(13-19-9-11-22-21(14-19)16-24(30-22)27(33)36-5)29-17-26(37-39(7,8)28(2,3)4)20-10-12-25(32)23(15-20)31-38(6,34)35/h9-12,14-16,18,26,29-32H,13,17H2,1-8H3/t18-,26+/m1/s1. The zero-order valence-corrected chi connectivity index (χ0v) is 25.8. The van der Waals surface area contributed by atoms with Crippen LogP contribution in [-0.4, -0.2) is 58.7 Å². The van der Waals surface area contributed by atoms with Crippen molar-refractivity contribution in [3.05, 3.63) is 59.3 Å². The summed E-state index contributed by atoms with van der Waals surface area (Å²) in [6.07, 6.45) is 1.44. The van der Waals surface area contributed by atoms with Crippen LogP contribution in [0.1, 0.15) is 55.4 Å². The van der Waals surface area contributed by atoms with E-state index in [0.29, 0.717) is 12.2 Å². The van der Waals surface area contributed by atoms with Crippen molar-refractivity contribution in [1.82, 2.24) is 10.3 Å². The molecule has 0 aliphatic rings. The van der Waals surface area contributed by atoms with Gasteiger partial charge in [-0.1, -0.05) is 32.9 Å². The highest BCUT2D eigenvalue weighted by atomic mass is 32.2. The molecule has 4 N–H and O–H groups in total. The fourth-order valence-corrected chi connectivity index (χ4v) is 5.91. The molecule has 0 amide bonds. The maximum Gasteiger partial charge on any atom is 0.354 e. The summed E-state index contributed by atoms with van der Waals surface area (Å²) in [6.45, 7) is 13.4. The van der Waals surface area contributed by atoms with Gasteiger partial charge in [0.25, 0.3) is 0 Å². The first-order valence-electron chi connectivity index (χ1n) is 12.9. The van der Waals surface area contributed by atoms with Gasteiger partial charge in [0.2, 0.25) is 10.0 Å². The van der Waals surface area contributed by atoms with E-state index in [1.807, 2.05) is 12.1 Å². The van der Waals surface area contributed by atoms with E-state index in [2.05, 4.69) is 61.9 Å². The molecule has 0 fully saturated rings. The van der Waals surface area contributed by atoms with Gasteiger partial charge < -0.3 is 24.6 Å². The monoisotopic (exact) mass is 575 g/mol. The van der Waals surface area contributed by atoms with Crippen LogP contribution in [0.4, 0.5) is 5.69 Å². The van der Waals surface area contributed by atoms with Gasteiger partial charge in [-0.3, -0.25) is 4.72 Å². The van der Waals surface area contributed by atoms with Gasteiger partial charge in [-0.05, 0) is 72.9 Å². The Balaban J connectivity index is 1.80. The molecular formula is C28H41N3O6SSi. The highest BCUT2D eigenvalue weighted by Crippen LogP contribution is 2.40. The second-order valence-electron chi connectivity index (χ2n) is 11.6. The molecule has 39 heavy (non-hydrogen) atoms. The Morgan fingerprint density at radius 2 is 1.82 bits per heavy atom. The van der Waals surface area contributed by atoms with Crippen LogP contribution in [-0.2, 0) is 25.6 Å². The maximum absolute atomic E-state index is 11.9. The highest BCUT2D eigenvalue weighted by molar-refractivity contribution is 7.92. The van der Waals surface area contributed by atoms with Crippen molar-refractivity contribution in [2.24, 2.45) is 0 Å². The third-order valence-corrected chi connectivity index (χ3v) is 12.3. The molecule has 0 aliphatic carbocycles. The number of aromatic amines is 1. The average Bonchev–Trinajstić information content (AvgIpc) is 3.24. The number of carbonyl (C=O) groups excluding carboxylic acids is 1. The van der Waals surface area contributed by atoms with Crippen LogP contribution in [0.15, 0.2) is 42.5 Å². The fraction of sp³-hybridized carbons (Fsp3) is 0.464. The molecule has 214 valence electrons. The van der Waals surface area contributed by atoms with E-state index < -0.39 is 24.3 Å². The molecule has 0 spiro atoms. The van der Waals surface area contributed by atoms with E-state index in [0.717, 1.165) is 34.7 Å². The van der Waals surface area contributed by atoms with Crippen molar-refractivity contribution >= 4 is 40.9 Å². The van der Waals surface area contributed by atoms with Crippen molar-refractivity contribution in [2.45, 2.75) is 64.4 Å². The summed E-state index contributed by atoms with van der Waals surface area (Å²) in [5.41, 5.74) is 3.29. The minimum absolute atomic E-state index is 0.0311. The molecular weight excluding hydrogens is 534 g/mol. The number of ether oxygens (including phenoxy) is 1. The van der Waals surface area contributed by atoms with Crippen molar-refractivity contribution < 1.29 is 27.5 Å². The summed E-state index contributed by atoms with van der Waals surface area (Å²) in [5.74, 6) is -0.549. The van der Waals surface area contributed by atoms with Crippen LogP contribution in [0.5, 0.6) is 5.75 Å². The molecule has 1 aromatic heterocycles. The average molecular weight is 576 g/mol. The van der Waals surface area contributed by atoms with Gasteiger partial charge in [0.05, 0.1) is 25.2 Å². The SMILES string of the molecule is COC(=O)c1cc2cc(C[C@@H](C)NC[C@H](O[Si](C)(C)C(C)(C)C)c3ccc(O)c(NS(C)(=O)=O)c3)ccc2[nH]1. The number of carbonyl (C=O) groups is 1. The zero-order valence-electron chi connectivity index (χ0n) is 24.0. The third-order valence-electron chi connectivity index (χ3n) is 7.21. The molecule has 0 unspecified atom stereocenters. The fourth-order valence-electron chi connectivity index (χ4n) is 4.06. The number of hydrogen-bond acceptors (Lipinski definition) is 7. The molecule has 0 radical (unpaired) electrons. The Bertz CT molecular complexity index is 1430. The molecule has 2 atom stereocenters. The Kier molecular flexibility index (Phi) is 9.21. The predicted octanol–water partition coefficient (Wildman–Crippen LogP) is 5.32. The summed E-state index contributed by atoms with van der Waals surface area (Å²) < 4.78 is 37.6. The summed E-state index contributed by atoms with van der Waals surface area (Å²) in [6, 6.07) is 12.8. The van der Waals surface area contributed by atoms with Crippen LogP contribution in [0.2, 0.25) is 18.1 Å². The molecule has 9 nitrogen and oxygen atoms in total. The number of hydrogen-bond donors (Lipinski definition) is 4. The molecule has 0 saturated carbocycles. The molecule has 0 saturated heterocycles. The van der Waals surface area contributed by atoms with Crippen molar-refractivity contribution in [2.75, 3.05) is 24.6 Å². The van der Waals surface area contributed by atoms with E-state index in [9.17, 15) is 18.3 Å². The number of nitrogens with one attached hydrogen (secondary N) is 3. The van der Waals surface area contributed by atoms with Gasteiger partial charge in [-0.2, -0.15) is 0 Å². The van der Waals surface area contributed by atoms with Crippen LogP contribution >= 0.6 is 0 Å². The number of esters is 1. The number of anilines is 1. The second-order valence-corrected chi connectivity index (χ2v) is 18.1. The Morgan fingerprint density at radius 1 is 1.13 bits per heavy atom. The van der Waals surface area contributed by atoms with Gasteiger partial charge >= 0.3 is 5.97 Å². The van der Waals surface area contributed by atoms with Gasteiger partial charge in [0.1, 0.15) is 11.4 Å². The first-order chi connectivity index (χ1) is 18.0. The highest BCUT2D eigenvalue weighted by Gasteiger charge is 2.39. The lowest BCUT2D eigenvalue weighted by Gasteiger charge is -2.40. The van der Waals surface area contributed by atoms with Crippen LogP contribution in [0.3, 0.4) is 0 Å². The lowest BCUT2D eigenvalue weighted by molar-refractivity contribution is 0.0595. The van der Waals surface area contributed by atoms with Crippen molar-refractivity contribution in [3.8, 4) is 5.75 Å². The maximum atomic E-state index is 11.9. The third kappa shape index (κ3) is 8.07. The number of fused-ring (bicyclic) bond motifs is 1. The lowest BCUT2D eigenvalue weighted by Crippen LogP contribution is -2.44. The Morgan fingerprint density at radius 3 is 2.44 bits per heavy atom. The number of benzene rings is 2. The quantitative estimate of drug-likeness (QED) is 0.138. The van der Waals surface area contributed by atoms with Gasteiger partial charge in [0.15, 0.2) is 8.32 Å². The Hall–Kier alpha value is -2.86. The number of methoxy groups -OCH3 is 1. The van der Waals surface area contributed by atoms with E-state index in [-0.39, 0.29) is 28.6 Å². The molecule has 0 aliphatic heterocycles. The number of aromatic hydroxyl groups is 1. The summed E-state index contributed by atoms with van der Waals surface area (Å²) in [4.78, 5) is 14.9. The van der Waals surface area contributed by atoms with Crippen molar-refractivity contribution in [1.29, 1.82) is 0 Å². The zero-order chi connectivity index (χ0) is 29.2. The summed E-state index contributed by atoms with van der Waals surface area (Å²) in [7, 11) is -4.41. The van der Waals surface area contributed by atoms with Gasteiger partial charge in [0, 0.05) is 23.5 Å². The molecule has 11 heteroatoms. The van der Waals surface area contributed by atoms with E-state index in [4.69, 9.17) is 9.16 Å². The van der Waals surface area contributed by atoms with E-state index in [1.54, 1.807) is 18.2 Å². The van der Waals surface area contributed by atoms with Crippen molar-refractivity contribution in [3.63, 3.8) is 0 Å². The topological polar surface area (TPSA) is 130 Å². The first-order valence-corrected chi connectivity index (χ1v) is 17.7. The molecule has 3 aromatic rings. The minimum atomic E-state index is -3.57. The predicted molar refractivity (Wildman–Crippen MR) is 158 cm³/mol. The normalized spacial score (nSPS) is 14.3. The lowest BCUT2D eigenvalue weighted by atomic mass is 10.0. The van der Waals surface area contributed by atoms with Crippen LogP contribution in [0, 0.1) is 0 Å². The van der Waals surface area contributed by atoms with Crippen LogP contribution in [0.25, 0.3) is 10.9 Å². The first kappa shape index (κ1) is 30.7. The molecule has 2 aromatic carbocycles. The number of aromatic nitrogens is 1. The molecule has 3 rings (SSSR count). The largest absolute Gasteiger partial charge is 0.506 e.